The summed E-state index contributed by atoms with van der Waals surface area (Å²) in [6.07, 6.45) is -4.57. The van der Waals surface area contributed by atoms with E-state index in [-0.39, 0.29) is 16.9 Å². The maximum Gasteiger partial charge on any atom is 0.417 e. The summed E-state index contributed by atoms with van der Waals surface area (Å²) in [6.45, 7) is 0. The number of alkyl halides is 3. The first-order valence-electron chi connectivity index (χ1n) is 7.13. The Balaban J connectivity index is 2.00. The van der Waals surface area contributed by atoms with Gasteiger partial charge in [-0.15, -0.1) is 0 Å². The summed E-state index contributed by atoms with van der Waals surface area (Å²) in [5.41, 5.74) is -0.562. The molecular weight excluding hydrogens is 357 g/mol. The summed E-state index contributed by atoms with van der Waals surface area (Å²) in [5.74, 6) is 0.796. The smallest absolute Gasteiger partial charge is 0.417 e. The largest absolute Gasteiger partial charge is 0.497 e. The average Bonchev–Trinajstić information content (AvgIpc) is 2.55. The van der Waals surface area contributed by atoms with Crippen LogP contribution in [-0.2, 0) is 6.18 Å². The summed E-state index contributed by atoms with van der Waals surface area (Å²) in [5, 5.41) is 2.78. The van der Waals surface area contributed by atoms with Gasteiger partial charge in [-0.1, -0.05) is 11.6 Å². The molecule has 130 valence electrons. The fourth-order valence-corrected chi connectivity index (χ4v) is 2.62. The van der Waals surface area contributed by atoms with Crippen LogP contribution in [0.5, 0.6) is 5.75 Å². The van der Waals surface area contributed by atoms with E-state index in [4.69, 9.17) is 16.3 Å². The van der Waals surface area contributed by atoms with Crippen LogP contribution >= 0.6 is 11.6 Å². The molecule has 0 saturated heterocycles. The number of rotatable bonds is 3. The molecule has 8 heteroatoms. The number of ether oxygens (including phenoxy) is 1. The highest BCUT2D eigenvalue weighted by Crippen LogP contribution is 2.36. The van der Waals surface area contributed by atoms with Crippen molar-refractivity contribution >= 4 is 34.0 Å². The number of H-pyrrole nitrogens is 1. The molecule has 2 N–H and O–H groups in total. The van der Waals surface area contributed by atoms with E-state index in [0.717, 1.165) is 12.1 Å². The van der Waals surface area contributed by atoms with Gasteiger partial charge in [0.05, 0.1) is 23.2 Å². The van der Waals surface area contributed by atoms with Gasteiger partial charge in [-0.2, -0.15) is 13.2 Å². The van der Waals surface area contributed by atoms with Crippen LogP contribution < -0.4 is 15.5 Å². The average molecular weight is 369 g/mol. The highest BCUT2D eigenvalue weighted by molar-refractivity contribution is 6.31. The Kier molecular flexibility index (Phi) is 4.34. The van der Waals surface area contributed by atoms with Crippen LogP contribution in [0, 0.1) is 0 Å². The summed E-state index contributed by atoms with van der Waals surface area (Å²) in [6, 6.07) is 9.62. The van der Waals surface area contributed by atoms with Gasteiger partial charge in [-0.3, -0.25) is 4.79 Å². The molecule has 0 saturated carbocycles. The Bertz CT molecular complexity index is 999. The Hall–Kier alpha value is -2.67. The summed E-state index contributed by atoms with van der Waals surface area (Å²) in [7, 11) is 1.49. The van der Waals surface area contributed by atoms with Gasteiger partial charge in [0, 0.05) is 17.1 Å². The molecule has 1 aromatic heterocycles. The molecule has 0 radical (unpaired) electrons. The zero-order valence-corrected chi connectivity index (χ0v) is 13.6. The summed E-state index contributed by atoms with van der Waals surface area (Å²) < 4.78 is 43.9. The lowest BCUT2D eigenvalue weighted by Gasteiger charge is -2.13. The topological polar surface area (TPSA) is 54.1 Å². The number of methoxy groups -OCH3 is 1. The van der Waals surface area contributed by atoms with Crippen LogP contribution in [0.4, 0.5) is 24.7 Å². The van der Waals surface area contributed by atoms with E-state index < -0.39 is 16.8 Å². The number of fused-ring (bicyclic) bond motifs is 1. The first kappa shape index (κ1) is 17.2. The van der Waals surface area contributed by atoms with Crippen molar-refractivity contribution in [3.8, 4) is 5.75 Å². The lowest BCUT2D eigenvalue weighted by Crippen LogP contribution is -2.08. The fourth-order valence-electron chi connectivity index (χ4n) is 2.40. The molecule has 0 amide bonds. The van der Waals surface area contributed by atoms with Gasteiger partial charge in [-0.05, 0) is 36.4 Å². The summed E-state index contributed by atoms with van der Waals surface area (Å²) in [4.78, 5) is 15.2. The Morgan fingerprint density at radius 3 is 2.56 bits per heavy atom. The molecule has 0 unspecified atom stereocenters. The van der Waals surface area contributed by atoms with E-state index in [1.54, 1.807) is 18.2 Å². The van der Waals surface area contributed by atoms with E-state index in [2.05, 4.69) is 10.3 Å². The monoisotopic (exact) mass is 368 g/mol. The van der Waals surface area contributed by atoms with Crippen molar-refractivity contribution in [2.24, 2.45) is 0 Å². The minimum absolute atomic E-state index is 0.153. The van der Waals surface area contributed by atoms with Crippen molar-refractivity contribution < 1.29 is 17.9 Å². The van der Waals surface area contributed by atoms with Gasteiger partial charge >= 0.3 is 6.18 Å². The molecule has 0 fully saturated rings. The van der Waals surface area contributed by atoms with E-state index in [9.17, 15) is 18.0 Å². The molecule has 3 aromatic rings. The molecular formula is C17H12ClF3N2O2. The molecule has 0 atom stereocenters. The van der Waals surface area contributed by atoms with Crippen molar-refractivity contribution in [3.63, 3.8) is 0 Å². The zero-order chi connectivity index (χ0) is 18.2. The second-order valence-corrected chi connectivity index (χ2v) is 5.68. The van der Waals surface area contributed by atoms with Crippen LogP contribution in [0.1, 0.15) is 5.56 Å². The number of hydrogen-bond donors (Lipinski definition) is 2. The number of aromatic amines is 1. The fraction of sp³-hybridized carbons (Fsp3) is 0.118. The van der Waals surface area contributed by atoms with Crippen LogP contribution in [-0.4, -0.2) is 12.1 Å². The van der Waals surface area contributed by atoms with Crippen LogP contribution in [0.25, 0.3) is 10.9 Å². The standard InChI is InChI=1S/C17H12ClF3N2O2/c1-25-10-3-5-14-11(7-10)15(24)8-16(23-14)22-9-2-4-13(18)12(6-9)17(19,20)21/h2-8H,1H3,(H2,22,23,24). The second-order valence-electron chi connectivity index (χ2n) is 5.28. The minimum atomic E-state index is -4.57. The molecule has 1 heterocycles. The third kappa shape index (κ3) is 3.56. The number of halogens is 4. The van der Waals surface area contributed by atoms with Crippen molar-refractivity contribution in [2.45, 2.75) is 6.18 Å². The number of anilines is 2. The Labute approximate surface area is 145 Å². The van der Waals surface area contributed by atoms with Gasteiger partial charge in [0.25, 0.3) is 0 Å². The third-order valence-corrected chi connectivity index (χ3v) is 3.92. The van der Waals surface area contributed by atoms with Gasteiger partial charge < -0.3 is 15.0 Å². The lowest BCUT2D eigenvalue weighted by molar-refractivity contribution is -0.137. The number of nitrogens with one attached hydrogen (secondary N) is 2. The van der Waals surface area contributed by atoms with Crippen LogP contribution in [0.3, 0.4) is 0 Å². The molecule has 0 aliphatic carbocycles. The molecule has 2 aromatic carbocycles. The Morgan fingerprint density at radius 2 is 1.88 bits per heavy atom. The van der Waals surface area contributed by atoms with Crippen LogP contribution in [0.15, 0.2) is 47.3 Å². The number of aromatic nitrogens is 1. The number of benzene rings is 2. The van der Waals surface area contributed by atoms with E-state index in [1.165, 1.54) is 19.2 Å². The lowest BCUT2D eigenvalue weighted by atomic mass is 10.2. The van der Waals surface area contributed by atoms with Gasteiger partial charge in [-0.25, -0.2) is 0 Å². The molecule has 3 rings (SSSR count). The van der Waals surface area contributed by atoms with Crippen molar-refractivity contribution in [1.29, 1.82) is 0 Å². The minimum Gasteiger partial charge on any atom is -0.497 e. The second kappa shape index (κ2) is 6.33. The van der Waals surface area contributed by atoms with Crippen molar-refractivity contribution in [3.05, 3.63) is 63.3 Å². The maximum atomic E-state index is 12.9. The molecule has 0 spiro atoms. The SMILES string of the molecule is COc1ccc2[nH]c(Nc3ccc(Cl)c(C(F)(F)F)c3)cc(=O)c2c1. The summed E-state index contributed by atoms with van der Waals surface area (Å²) >= 11 is 5.60. The number of hydrogen-bond acceptors (Lipinski definition) is 3. The molecule has 0 aliphatic rings. The van der Waals surface area contributed by atoms with Crippen LogP contribution in [0.2, 0.25) is 5.02 Å². The highest BCUT2D eigenvalue weighted by Gasteiger charge is 2.33. The Morgan fingerprint density at radius 1 is 1.12 bits per heavy atom. The normalized spacial score (nSPS) is 11.6. The van der Waals surface area contributed by atoms with Gasteiger partial charge in [0.2, 0.25) is 0 Å². The predicted octanol–water partition coefficient (Wildman–Crippen LogP) is 4.95. The molecule has 0 bridgehead atoms. The molecule has 0 aliphatic heterocycles. The van der Waals surface area contributed by atoms with Crippen molar-refractivity contribution in [1.82, 2.24) is 4.98 Å². The van der Waals surface area contributed by atoms with E-state index in [1.807, 2.05) is 0 Å². The third-order valence-electron chi connectivity index (χ3n) is 3.59. The quantitative estimate of drug-likeness (QED) is 0.687. The van der Waals surface area contributed by atoms with E-state index >= 15 is 0 Å². The molecule has 25 heavy (non-hydrogen) atoms. The molecule has 4 nitrogen and oxygen atoms in total. The predicted molar refractivity (Wildman–Crippen MR) is 90.9 cm³/mol. The van der Waals surface area contributed by atoms with Crippen molar-refractivity contribution in [2.75, 3.05) is 12.4 Å². The number of pyridine rings is 1. The van der Waals surface area contributed by atoms with Gasteiger partial charge in [0.1, 0.15) is 11.6 Å². The van der Waals surface area contributed by atoms with E-state index in [0.29, 0.717) is 16.7 Å². The zero-order valence-electron chi connectivity index (χ0n) is 12.9. The first-order chi connectivity index (χ1) is 11.8. The highest BCUT2D eigenvalue weighted by atomic mass is 35.5. The first-order valence-corrected chi connectivity index (χ1v) is 7.50. The maximum absolute atomic E-state index is 12.9. The van der Waals surface area contributed by atoms with Gasteiger partial charge in [0.15, 0.2) is 5.43 Å².